The van der Waals surface area contributed by atoms with Gasteiger partial charge in [0.05, 0.1) is 18.1 Å². The molecule has 0 amide bonds. The molecular weight excluding hydrogens is 365 g/mol. The van der Waals surface area contributed by atoms with Gasteiger partial charge < -0.3 is 9.05 Å². The third-order valence-electron chi connectivity index (χ3n) is 3.64. The number of nitriles is 1. The molecule has 3 rings (SSSR count). The molecule has 0 fully saturated rings. The van der Waals surface area contributed by atoms with E-state index in [-0.39, 0.29) is 5.92 Å². The molecule has 0 spiro atoms. The highest BCUT2D eigenvalue weighted by Gasteiger charge is 2.23. The molecule has 130 valence electrons. The van der Waals surface area contributed by atoms with Crippen LogP contribution in [0.2, 0.25) is 5.02 Å². The Morgan fingerprint density at radius 2 is 1.42 bits per heavy atom. The molecule has 0 radical (unpaired) electrons. The molecular formula is C21H17ClNO2P. The predicted octanol–water partition coefficient (Wildman–Crippen LogP) is 6.42. The van der Waals surface area contributed by atoms with Gasteiger partial charge in [0, 0.05) is 5.02 Å². The van der Waals surface area contributed by atoms with Gasteiger partial charge in [-0.1, -0.05) is 60.1 Å². The number of para-hydroxylation sites is 2. The summed E-state index contributed by atoms with van der Waals surface area (Å²) < 4.78 is 12.1. The van der Waals surface area contributed by atoms with Crippen molar-refractivity contribution in [2.75, 3.05) is 6.16 Å². The monoisotopic (exact) mass is 381 g/mol. The summed E-state index contributed by atoms with van der Waals surface area (Å²) in [6.07, 6.45) is 0.440. The van der Waals surface area contributed by atoms with Crippen LogP contribution in [0, 0.1) is 11.3 Å². The number of hydrogen-bond donors (Lipinski definition) is 0. The van der Waals surface area contributed by atoms with E-state index in [9.17, 15) is 5.26 Å². The molecule has 0 aromatic heterocycles. The lowest BCUT2D eigenvalue weighted by Crippen LogP contribution is -2.07. The second-order valence-electron chi connectivity index (χ2n) is 5.56. The summed E-state index contributed by atoms with van der Waals surface area (Å²) >= 11 is 6.08. The van der Waals surface area contributed by atoms with E-state index in [0.717, 1.165) is 17.1 Å². The zero-order chi connectivity index (χ0) is 18.2. The first kappa shape index (κ1) is 18.3. The number of hydrogen-bond acceptors (Lipinski definition) is 3. The van der Waals surface area contributed by atoms with Crippen LogP contribution in [0.3, 0.4) is 0 Å². The van der Waals surface area contributed by atoms with E-state index in [4.69, 9.17) is 20.6 Å². The summed E-state index contributed by atoms with van der Waals surface area (Å²) in [5.41, 5.74) is 0.862. The van der Waals surface area contributed by atoms with Crippen LogP contribution < -0.4 is 9.05 Å². The van der Waals surface area contributed by atoms with Crippen LogP contribution in [0.1, 0.15) is 11.5 Å². The first-order valence-corrected chi connectivity index (χ1v) is 9.87. The molecule has 3 nitrogen and oxygen atoms in total. The highest BCUT2D eigenvalue weighted by molar-refractivity contribution is 7.48. The standard InChI is InChI=1S/C21H17ClNO2P/c22-19-9-7-8-17(14-19)18(15-23)16-26(24-20-10-3-1-4-11-20)25-21-12-5-2-6-13-21/h1-14,18H,16H2. The minimum Gasteiger partial charge on any atom is -0.439 e. The maximum absolute atomic E-state index is 9.66. The Morgan fingerprint density at radius 1 is 0.846 bits per heavy atom. The van der Waals surface area contributed by atoms with Gasteiger partial charge in [-0.2, -0.15) is 5.26 Å². The van der Waals surface area contributed by atoms with Crippen LogP contribution in [0.25, 0.3) is 0 Å². The summed E-state index contributed by atoms with van der Waals surface area (Å²) in [5, 5.41) is 10.3. The molecule has 1 atom stereocenters. The van der Waals surface area contributed by atoms with Crippen molar-refractivity contribution >= 4 is 20.0 Å². The highest BCUT2D eigenvalue weighted by atomic mass is 35.5. The Labute approximate surface area is 159 Å². The van der Waals surface area contributed by atoms with Crippen molar-refractivity contribution in [3.05, 3.63) is 95.5 Å². The van der Waals surface area contributed by atoms with Crippen molar-refractivity contribution in [2.45, 2.75) is 5.92 Å². The van der Waals surface area contributed by atoms with Gasteiger partial charge in [-0.25, -0.2) is 0 Å². The minimum absolute atomic E-state index is 0.368. The molecule has 0 aliphatic heterocycles. The quantitative estimate of drug-likeness (QED) is 0.443. The highest BCUT2D eigenvalue weighted by Crippen LogP contribution is 2.43. The molecule has 0 N–H and O–H groups in total. The van der Waals surface area contributed by atoms with Crippen molar-refractivity contribution in [2.24, 2.45) is 0 Å². The fraction of sp³-hybridized carbons (Fsp3) is 0.0952. The molecule has 5 heteroatoms. The van der Waals surface area contributed by atoms with Gasteiger partial charge in [0.2, 0.25) is 0 Å². The molecule has 0 saturated carbocycles. The molecule has 0 heterocycles. The molecule has 3 aromatic rings. The van der Waals surface area contributed by atoms with E-state index in [0.29, 0.717) is 11.2 Å². The predicted molar refractivity (Wildman–Crippen MR) is 106 cm³/mol. The topological polar surface area (TPSA) is 42.2 Å². The second kappa shape index (κ2) is 9.25. The Morgan fingerprint density at radius 3 is 1.92 bits per heavy atom. The zero-order valence-electron chi connectivity index (χ0n) is 14.0. The minimum atomic E-state index is -1.36. The maximum atomic E-state index is 9.66. The van der Waals surface area contributed by atoms with E-state index in [1.807, 2.05) is 78.9 Å². The number of rotatable bonds is 7. The Kier molecular flexibility index (Phi) is 6.50. The number of nitrogens with zero attached hydrogens (tertiary/aromatic N) is 1. The molecule has 1 unspecified atom stereocenters. The fourth-order valence-electron chi connectivity index (χ4n) is 2.38. The van der Waals surface area contributed by atoms with Gasteiger partial charge in [-0.15, -0.1) is 0 Å². The molecule has 0 aliphatic rings. The Bertz CT molecular complexity index is 826. The summed E-state index contributed by atoms with van der Waals surface area (Å²) in [6.45, 7) is 0. The summed E-state index contributed by atoms with van der Waals surface area (Å²) in [4.78, 5) is 0. The van der Waals surface area contributed by atoms with Crippen molar-refractivity contribution in [3.8, 4) is 17.6 Å². The van der Waals surface area contributed by atoms with Gasteiger partial charge in [0.25, 0.3) is 8.38 Å². The van der Waals surface area contributed by atoms with Crippen molar-refractivity contribution < 1.29 is 9.05 Å². The number of benzene rings is 3. The third kappa shape index (κ3) is 5.23. The molecule has 0 aliphatic carbocycles. The van der Waals surface area contributed by atoms with Crippen LogP contribution in [0.15, 0.2) is 84.9 Å². The summed E-state index contributed by atoms with van der Waals surface area (Å²) in [6, 6.07) is 28.7. The van der Waals surface area contributed by atoms with Crippen molar-refractivity contribution in [1.82, 2.24) is 0 Å². The molecule has 3 aromatic carbocycles. The fourth-order valence-corrected chi connectivity index (χ4v) is 4.07. The smallest absolute Gasteiger partial charge is 0.292 e. The van der Waals surface area contributed by atoms with Crippen LogP contribution in [0.4, 0.5) is 0 Å². The van der Waals surface area contributed by atoms with E-state index < -0.39 is 8.38 Å². The first-order chi connectivity index (χ1) is 12.7. The molecule has 26 heavy (non-hydrogen) atoms. The Hall–Kier alpha value is -2.53. The zero-order valence-corrected chi connectivity index (χ0v) is 15.6. The SMILES string of the molecule is N#CC(CP(Oc1ccccc1)Oc1ccccc1)c1cccc(Cl)c1. The number of halogens is 1. The van der Waals surface area contributed by atoms with Gasteiger partial charge in [-0.3, -0.25) is 0 Å². The van der Waals surface area contributed by atoms with Gasteiger partial charge in [0.15, 0.2) is 0 Å². The lowest BCUT2D eigenvalue weighted by Gasteiger charge is -2.21. The van der Waals surface area contributed by atoms with Gasteiger partial charge >= 0.3 is 0 Å². The average molecular weight is 382 g/mol. The van der Waals surface area contributed by atoms with Gasteiger partial charge in [0.1, 0.15) is 11.5 Å². The van der Waals surface area contributed by atoms with E-state index >= 15 is 0 Å². The maximum Gasteiger partial charge on any atom is 0.292 e. The van der Waals surface area contributed by atoms with Crippen LogP contribution in [-0.2, 0) is 0 Å². The van der Waals surface area contributed by atoms with Crippen molar-refractivity contribution in [1.29, 1.82) is 5.26 Å². The largest absolute Gasteiger partial charge is 0.439 e. The summed E-state index contributed by atoms with van der Waals surface area (Å²) in [5.74, 6) is 1.07. The van der Waals surface area contributed by atoms with E-state index in [1.54, 1.807) is 6.07 Å². The first-order valence-electron chi connectivity index (χ1n) is 8.13. The second-order valence-corrected chi connectivity index (χ2v) is 7.39. The van der Waals surface area contributed by atoms with Crippen LogP contribution in [-0.4, -0.2) is 6.16 Å². The average Bonchev–Trinajstić information content (AvgIpc) is 2.67. The third-order valence-corrected chi connectivity index (χ3v) is 5.37. The Balaban J connectivity index is 1.80. The normalized spacial score (nSPS) is 11.6. The van der Waals surface area contributed by atoms with E-state index in [1.165, 1.54) is 0 Å². The molecule has 0 bridgehead atoms. The van der Waals surface area contributed by atoms with Crippen LogP contribution >= 0.6 is 20.0 Å². The van der Waals surface area contributed by atoms with Gasteiger partial charge in [-0.05, 0) is 42.0 Å². The molecule has 0 saturated heterocycles. The van der Waals surface area contributed by atoms with Crippen molar-refractivity contribution in [3.63, 3.8) is 0 Å². The lowest BCUT2D eigenvalue weighted by atomic mass is 10.0. The van der Waals surface area contributed by atoms with E-state index in [2.05, 4.69) is 6.07 Å². The summed E-state index contributed by atoms with van der Waals surface area (Å²) in [7, 11) is -1.36. The van der Waals surface area contributed by atoms with Crippen LogP contribution in [0.5, 0.6) is 11.5 Å². The lowest BCUT2D eigenvalue weighted by molar-refractivity contribution is 0.487.